The molecule has 2 aromatic rings. The molecule has 26 heavy (non-hydrogen) atoms. The summed E-state index contributed by atoms with van der Waals surface area (Å²) in [6.07, 6.45) is 3.52. The fourth-order valence-corrected chi connectivity index (χ4v) is 2.92. The second-order valence-corrected chi connectivity index (χ2v) is 6.07. The molecule has 11 heteroatoms. The topological polar surface area (TPSA) is 105 Å². The van der Waals surface area contributed by atoms with Gasteiger partial charge in [-0.1, -0.05) is 23.2 Å². The van der Waals surface area contributed by atoms with Gasteiger partial charge in [0.05, 0.1) is 37.8 Å². The molecule has 1 aliphatic heterocycles. The number of anilines is 2. The van der Waals surface area contributed by atoms with Gasteiger partial charge >= 0.3 is 0 Å². The highest BCUT2D eigenvalue weighted by Gasteiger charge is 2.20. The molecule has 1 N–H and O–H groups in total. The molecule has 0 amide bonds. The Balaban J connectivity index is 1.86. The summed E-state index contributed by atoms with van der Waals surface area (Å²) in [7, 11) is 0. The fourth-order valence-electron chi connectivity index (χ4n) is 2.38. The van der Waals surface area contributed by atoms with E-state index < -0.39 is 9.85 Å². The average Bonchev–Trinajstić information content (AvgIpc) is 2.61. The number of halogens is 2. The molecule has 0 spiro atoms. The van der Waals surface area contributed by atoms with Crippen molar-refractivity contribution >= 4 is 46.0 Å². The van der Waals surface area contributed by atoms with Crippen molar-refractivity contribution in [2.45, 2.75) is 0 Å². The molecule has 0 saturated carbocycles. The van der Waals surface area contributed by atoms with Crippen molar-refractivity contribution < 1.29 is 9.85 Å². The van der Waals surface area contributed by atoms with Crippen molar-refractivity contribution in [3.8, 4) is 0 Å². The monoisotopic (exact) mass is 395 g/mol. The third kappa shape index (κ3) is 3.54. The van der Waals surface area contributed by atoms with Crippen LogP contribution < -0.4 is 15.6 Å². The molecule has 134 valence electrons. The van der Waals surface area contributed by atoms with E-state index in [1.807, 2.05) is 6.08 Å². The van der Waals surface area contributed by atoms with Gasteiger partial charge in [0, 0.05) is 30.5 Å². The van der Waals surface area contributed by atoms with Crippen molar-refractivity contribution in [1.82, 2.24) is 5.53 Å². The zero-order valence-electron chi connectivity index (χ0n) is 13.0. The number of nitrogens with zero attached hydrogens (tertiary/aromatic N) is 4. The maximum Gasteiger partial charge on any atom is 0.271 e. The molecule has 0 saturated heterocycles. The van der Waals surface area contributed by atoms with Crippen molar-refractivity contribution in [2.24, 2.45) is 0 Å². The van der Waals surface area contributed by atoms with Gasteiger partial charge in [-0.2, -0.15) is 0 Å². The van der Waals surface area contributed by atoms with E-state index in [2.05, 4.69) is 5.53 Å². The van der Waals surface area contributed by atoms with Crippen LogP contribution >= 0.6 is 23.2 Å². The molecule has 9 nitrogen and oxygen atoms in total. The summed E-state index contributed by atoms with van der Waals surface area (Å²) in [4.78, 5) is 20.6. The average molecular weight is 396 g/mol. The maximum absolute atomic E-state index is 10.8. The molecule has 0 radical (unpaired) electrons. The van der Waals surface area contributed by atoms with Crippen LogP contribution in [0.2, 0.25) is 10.0 Å². The first-order valence-corrected chi connectivity index (χ1v) is 8.00. The van der Waals surface area contributed by atoms with Crippen LogP contribution in [0.25, 0.3) is 0 Å². The van der Waals surface area contributed by atoms with Gasteiger partial charge < -0.3 is 0 Å². The predicted octanol–water partition coefficient (Wildman–Crippen LogP) is 4.07. The first kappa shape index (κ1) is 17.9. The summed E-state index contributed by atoms with van der Waals surface area (Å²) in [5.41, 5.74) is 3.84. The van der Waals surface area contributed by atoms with Gasteiger partial charge in [0.1, 0.15) is 0 Å². The number of nitrogens with one attached hydrogen (secondary N) is 1. The molecule has 0 bridgehead atoms. The Morgan fingerprint density at radius 3 is 1.96 bits per heavy atom. The molecule has 1 aliphatic rings. The van der Waals surface area contributed by atoms with Gasteiger partial charge in [-0.25, -0.2) is 0 Å². The number of hydrogen-bond donors (Lipinski definition) is 1. The number of hydrazine groups is 2. The van der Waals surface area contributed by atoms with Crippen LogP contribution in [-0.4, -0.2) is 16.4 Å². The highest BCUT2D eigenvalue weighted by molar-refractivity contribution is 6.34. The Morgan fingerprint density at radius 2 is 1.46 bits per heavy atom. The molecule has 0 aliphatic carbocycles. The molecule has 0 unspecified atom stereocenters. The molecule has 0 aromatic heterocycles. The lowest BCUT2D eigenvalue weighted by Gasteiger charge is -2.35. The Labute approximate surface area is 157 Å². The molecule has 2 aromatic carbocycles. The van der Waals surface area contributed by atoms with Crippen LogP contribution in [0.5, 0.6) is 0 Å². The lowest BCUT2D eigenvalue weighted by atomic mass is 10.2. The van der Waals surface area contributed by atoms with E-state index >= 15 is 0 Å². The first-order chi connectivity index (χ1) is 12.4. The minimum atomic E-state index is -0.530. The fraction of sp³-hybridized carbons (Fsp3) is 0.0667. The van der Waals surface area contributed by atoms with E-state index in [0.29, 0.717) is 17.9 Å². The van der Waals surface area contributed by atoms with E-state index in [0.717, 1.165) is 0 Å². The summed E-state index contributed by atoms with van der Waals surface area (Å²) < 4.78 is 0. The van der Waals surface area contributed by atoms with Gasteiger partial charge in [-0.3, -0.25) is 30.2 Å². The van der Waals surface area contributed by atoms with Gasteiger partial charge in [-0.15, -0.1) is 5.53 Å². The first-order valence-electron chi connectivity index (χ1n) is 7.24. The summed E-state index contributed by atoms with van der Waals surface area (Å²) in [5.74, 6) is 0. The van der Waals surface area contributed by atoms with E-state index in [1.165, 1.54) is 36.4 Å². The van der Waals surface area contributed by atoms with E-state index in [9.17, 15) is 20.2 Å². The second-order valence-electron chi connectivity index (χ2n) is 5.25. The van der Waals surface area contributed by atoms with Crippen LogP contribution in [0, 0.1) is 20.2 Å². The van der Waals surface area contributed by atoms with Gasteiger partial charge in [0.15, 0.2) is 0 Å². The summed E-state index contributed by atoms with van der Waals surface area (Å²) in [6, 6.07) is 8.25. The van der Waals surface area contributed by atoms with Crippen LogP contribution in [0.1, 0.15) is 0 Å². The quantitative estimate of drug-likeness (QED) is 0.614. The Hall–Kier alpha value is -2.88. The van der Waals surface area contributed by atoms with E-state index in [-0.39, 0.29) is 21.4 Å². The molecule has 0 fully saturated rings. The molecule has 0 atom stereocenters. The lowest BCUT2D eigenvalue weighted by Crippen LogP contribution is -2.51. The zero-order chi connectivity index (χ0) is 18.8. The van der Waals surface area contributed by atoms with Crippen molar-refractivity contribution in [3.63, 3.8) is 0 Å². The lowest BCUT2D eigenvalue weighted by molar-refractivity contribution is -0.385. The highest BCUT2D eigenvalue weighted by atomic mass is 35.5. The van der Waals surface area contributed by atoms with Crippen molar-refractivity contribution in [1.29, 1.82) is 0 Å². The van der Waals surface area contributed by atoms with E-state index in [4.69, 9.17) is 23.2 Å². The highest BCUT2D eigenvalue weighted by Crippen LogP contribution is 2.33. The number of nitro benzene ring substituents is 2. The SMILES string of the molecule is O=[N+]([O-])c1ccc(N2C=CCN(c3ccc([N+](=O)[O-])cc3Cl)N2)c(Cl)c1. The number of rotatable bonds is 4. The number of benzene rings is 2. The smallest absolute Gasteiger partial charge is 0.271 e. The number of non-ortho nitro benzene ring substituents is 2. The van der Waals surface area contributed by atoms with Crippen LogP contribution in [-0.2, 0) is 0 Å². The zero-order valence-corrected chi connectivity index (χ0v) is 14.5. The third-order valence-electron chi connectivity index (χ3n) is 3.61. The van der Waals surface area contributed by atoms with Crippen LogP contribution in [0.3, 0.4) is 0 Å². The molecular weight excluding hydrogens is 385 g/mol. The van der Waals surface area contributed by atoms with E-state index in [1.54, 1.807) is 16.2 Å². The van der Waals surface area contributed by atoms with Gasteiger partial charge in [0.25, 0.3) is 11.4 Å². The normalized spacial score (nSPS) is 13.8. The number of hydrogen-bond acceptors (Lipinski definition) is 7. The molecular formula is C15H11Cl2N5O4. The molecule has 1 heterocycles. The standard InChI is InChI=1S/C15H11Cl2N5O4/c16-12-8-10(21(23)24)2-4-14(12)19-6-1-7-20(18-19)15-5-3-11(22(25)26)9-13(15)17/h1-6,8-9,18H,7H2. The van der Waals surface area contributed by atoms with Gasteiger partial charge in [0.2, 0.25) is 0 Å². The van der Waals surface area contributed by atoms with Gasteiger partial charge in [-0.05, 0) is 18.2 Å². The Morgan fingerprint density at radius 1 is 0.923 bits per heavy atom. The number of nitro groups is 2. The molecule has 3 rings (SSSR count). The maximum atomic E-state index is 10.8. The van der Waals surface area contributed by atoms with Crippen molar-refractivity contribution in [2.75, 3.05) is 16.6 Å². The summed E-state index contributed by atoms with van der Waals surface area (Å²) >= 11 is 12.3. The Kier molecular flexibility index (Phi) is 4.94. The van der Waals surface area contributed by atoms with Crippen molar-refractivity contribution in [3.05, 3.63) is 78.9 Å². The third-order valence-corrected chi connectivity index (χ3v) is 4.21. The van der Waals surface area contributed by atoms with Crippen LogP contribution in [0.15, 0.2) is 48.7 Å². The minimum Gasteiger partial charge on any atom is -0.285 e. The Bertz CT molecular complexity index is 921. The van der Waals surface area contributed by atoms with Crippen LogP contribution in [0.4, 0.5) is 22.7 Å². The minimum absolute atomic E-state index is 0.110. The predicted molar refractivity (Wildman–Crippen MR) is 98.3 cm³/mol. The largest absolute Gasteiger partial charge is 0.285 e. The second kappa shape index (κ2) is 7.16. The summed E-state index contributed by atoms with van der Waals surface area (Å²) in [6.45, 7) is 0.443. The summed E-state index contributed by atoms with van der Waals surface area (Å²) in [5, 5.41) is 25.3.